The lowest BCUT2D eigenvalue weighted by Crippen LogP contribution is -2.33. The van der Waals surface area contributed by atoms with Crippen LogP contribution in [0.4, 0.5) is 5.82 Å². The van der Waals surface area contributed by atoms with Crippen LogP contribution >= 0.6 is 0 Å². The molecule has 2 heterocycles. The van der Waals surface area contributed by atoms with Gasteiger partial charge in [0.05, 0.1) is 6.10 Å². The number of aromatic nitrogens is 1. The monoisotopic (exact) mass is 276 g/mol. The molecule has 0 amide bonds. The zero-order valence-corrected chi connectivity index (χ0v) is 11.7. The van der Waals surface area contributed by atoms with Crippen LogP contribution in [0.3, 0.4) is 0 Å². The van der Waals surface area contributed by atoms with Gasteiger partial charge in [-0.05, 0) is 38.0 Å². The van der Waals surface area contributed by atoms with Crippen LogP contribution in [0.25, 0.3) is 6.08 Å². The van der Waals surface area contributed by atoms with Gasteiger partial charge in [-0.15, -0.1) is 0 Å². The Labute approximate surface area is 118 Å². The third-order valence-corrected chi connectivity index (χ3v) is 3.35. The fourth-order valence-corrected chi connectivity index (χ4v) is 2.36. The first-order valence-electron chi connectivity index (χ1n) is 6.93. The molecule has 1 fully saturated rings. The van der Waals surface area contributed by atoms with Crippen molar-refractivity contribution in [2.75, 3.05) is 24.6 Å². The second kappa shape index (κ2) is 7.05. The van der Waals surface area contributed by atoms with Crippen LogP contribution in [0.2, 0.25) is 0 Å². The van der Waals surface area contributed by atoms with Crippen LogP contribution in [0.1, 0.15) is 25.3 Å². The summed E-state index contributed by atoms with van der Waals surface area (Å²) in [6.07, 6.45) is 6.88. The van der Waals surface area contributed by atoms with E-state index < -0.39 is 5.97 Å². The summed E-state index contributed by atoms with van der Waals surface area (Å²) in [5, 5.41) is 8.75. The summed E-state index contributed by atoms with van der Waals surface area (Å²) in [7, 11) is 0. The molecule has 5 nitrogen and oxygen atoms in total. The lowest BCUT2D eigenvalue weighted by Gasteiger charge is -2.26. The molecule has 1 unspecified atom stereocenters. The van der Waals surface area contributed by atoms with Gasteiger partial charge in [-0.1, -0.05) is 0 Å². The van der Waals surface area contributed by atoms with E-state index in [9.17, 15) is 4.79 Å². The van der Waals surface area contributed by atoms with E-state index in [0.29, 0.717) is 0 Å². The van der Waals surface area contributed by atoms with Crippen molar-refractivity contribution in [3.05, 3.63) is 30.0 Å². The zero-order valence-electron chi connectivity index (χ0n) is 11.7. The Hall–Kier alpha value is -1.88. The fraction of sp³-hybridized carbons (Fsp3) is 0.467. The first-order valence-corrected chi connectivity index (χ1v) is 6.93. The summed E-state index contributed by atoms with van der Waals surface area (Å²) < 4.78 is 5.66. The molecule has 1 N–H and O–H groups in total. The first-order chi connectivity index (χ1) is 9.70. The third kappa shape index (κ3) is 3.81. The van der Waals surface area contributed by atoms with E-state index in [1.54, 1.807) is 12.3 Å². The number of anilines is 1. The lowest BCUT2D eigenvalue weighted by atomic mass is 10.2. The van der Waals surface area contributed by atoms with E-state index in [-0.39, 0.29) is 6.10 Å². The number of hydrogen-bond acceptors (Lipinski definition) is 4. The standard InChI is InChI=1S/C15H20N2O3/c1-2-17(11-13-6-4-10-20-13)15-12(5-3-9-16-15)7-8-14(18)19/h3,5,7-9,13H,2,4,6,10-11H2,1H3,(H,18,19)/b8-7+. The van der Waals surface area contributed by atoms with Crippen molar-refractivity contribution in [3.63, 3.8) is 0 Å². The average Bonchev–Trinajstić information content (AvgIpc) is 2.96. The lowest BCUT2D eigenvalue weighted by molar-refractivity contribution is -0.131. The smallest absolute Gasteiger partial charge is 0.328 e. The second-order valence-electron chi connectivity index (χ2n) is 4.76. The molecule has 0 radical (unpaired) electrons. The fourth-order valence-electron chi connectivity index (χ4n) is 2.36. The molecule has 1 aliphatic rings. The Kier molecular flexibility index (Phi) is 5.12. The molecule has 1 saturated heterocycles. The Bertz CT molecular complexity index is 482. The quantitative estimate of drug-likeness (QED) is 0.807. The van der Waals surface area contributed by atoms with Crippen LogP contribution in [-0.2, 0) is 9.53 Å². The van der Waals surface area contributed by atoms with Crippen molar-refractivity contribution in [2.24, 2.45) is 0 Å². The summed E-state index contributed by atoms with van der Waals surface area (Å²) in [6.45, 7) is 4.50. The Morgan fingerprint density at radius 3 is 3.15 bits per heavy atom. The molecule has 20 heavy (non-hydrogen) atoms. The number of hydrogen-bond donors (Lipinski definition) is 1. The zero-order chi connectivity index (χ0) is 14.4. The highest BCUT2D eigenvalue weighted by Gasteiger charge is 2.20. The van der Waals surface area contributed by atoms with E-state index in [2.05, 4.69) is 16.8 Å². The summed E-state index contributed by atoms with van der Waals surface area (Å²) in [5.41, 5.74) is 0.815. The predicted molar refractivity (Wildman–Crippen MR) is 77.8 cm³/mol. The Morgan fingerprint density at radius 2 is 2.50 bits per heavy atom. The molecule has 0 spiro atoms. The van der Waals surface area contributed by atoms with Crippen LogP contribution in [0.5, 0.6) is 0 Å². The van der Waals surface area contributed by atoms with Crippen LogP contribution in [-0.4, -0.2) is 41.9 Å². The SMILES string of the molecule is CCN(CC1CCCO1)c1ncccc1/C=C/C(=O)O. The van der Waals surface area contributed by atoms with Gasteiger partial charge in [0.25, 0.3) is 0 Å². The first kappa shape index (κ1) is 14.5. The normalized spacial score (nSPS) is 18.6. The van der Waals surface area contributed by atoms with Gasteiger partial charge < -0.3 is 14.7 Å². The molecule has 0 saturated carbocycles. The molecule has 1 aliphatic heterocycles. The molecular formula is C15H20N2O3. The summed E-state index contributed by atoms with van der Waals surface area (Å²) in [4.78, 5) is 17.2. The summed E-state index contributed by atoms with van der Waals surface area (Å²) in [6, 6.07) is 3.69. The van der Waals surface area contributed by atoms with Crippen LogP contribution in [0.15, 0.2) is 24.4 Å². The van der Waals surface area contributed by atoms with E-state index in [4.69, 9.17) is 9.84 Å². The van der Waals surface area contributed by atoms with Gasteiger partial charge >= 0.3 is 5.97 Å². The van der Waals surface area contributed by atoms with Crippen molar-refractivity contribution in [3.8, 4) is 0 Å². The Morgan fingerprint density at radius 1 is 1.65 bits per heavy atom. The summed E-state index contributed by atoms with van der Waals surface area (Å²) in [5.74, 6) is -0.148. The molecule has 0 aromatic carbocycles. The highest BCUT2D eigenvalue weighted by molar-refractivity contribution is 5.86. The third-order valence-electron chi connectivity index (χ3n) is 3.35. The minimum absolute atomic E-state index is 0.244. The molecule has 0 aliphatic carbocycles. The molecule has 1 aromatic heterocycles. The number of ether oxygens (including phenoxy) is 1. The molecule has 1 aromatic rings. The maximum absolute atomic E-state index is 10.7. The number of pyridine rings is 1. The Balaban J connectivity index is 2.17. The van der Waals surface area contributed by atoms with Crippen molar-refractivity contribution in [2.45, 2.75) is 25.9 Å². The molecule has 5 heteroatoms. The maximum Gasteiger partial charge on any atom is 0.328 e. The maximum atomic E-state index is 10.7. The number of aliphatic carboxylic acids is 1. The number of likely N-dealkylation sites (N-methyl/N-ethyl adjacent to an activating group) is 1. The second-order valence-corrected chi connectivity index (χ2v) is 4.76. The minimum Gasteiger partial charge on any atom is -0.478 e. The van der Waals surface area contributed by atoms with Crippen molar-refractivity contribution < 1.29 is 14.6 Å². The molecule has 0 bridgehead atoms. The van der Waals surface area contributed by atoms with E-state index in [1.165, 1.54) is 0 Å². The van der Waals surface area contributed by atoms with Crippen LogP contribution < -0.4 is 4.90 Å². The largest absolute Gasteiger partial charge is 0.478 e. The number of rotatable bonds is 6. The molecule has 108 valence electrons. The molecular weight excluding hydrogens is 256 g/mol. The van der Waals surface area contributed by atoms with Gasteiger partial charge in [0.1, 0.15) is 5.82 Å². The van der Waals surface area contributed by atoms with E-state index in [1.807, 2.05) is 12.1 Å². The highest BCUT2D eigenvalue weighted by atomic mass is 16.5. The van der Waals surface area contributed by atoms with Gasteiger partial charge in [0, 0.05) is 37.5 Å². The number of carboxylic acid groups (broad SMARTS) is 1. The van der Waals surface area contributed by atoms with E-state index in [0.717, 1.165) is 50.0 Å². The van der Waals surface area contributed by atoms with Gasteiger partial charge in [0.2, 0.25) is 0 Å². The van der Waals surface area contributed by atoms with Gasteiger partial charge in [-0.3, -0.25) is 0 Å². The van der Waals surface area contributed by atoms with Crippen LogP contribution in [0, 0.1) is 0 Å². The average molecular weight is 276 g/mol. The van der Waals surface area contributed by atoms with Crippen molar-refractivity contribution in [1.29, 1.82) is 0 Å². The topological polar surface area (TPSA) is 62.7 Å². The van der Waals surface area contributed by atoms with E-state index >= 15 is 0 Å². The van der Waals surface area contributed by atoms with Gasteiger partial charge in [-0.2, -0.15) is 0 Å². The van der Waals surface area contributed by atoms with Gasteiger partial charge in [0.15, 0.2) is 0 Å². The van der Waals surface area contributed by atoms with Gasteiger partial charge in [-0.25, -0.2) is 9.78 Å². The van der Waals surface area contributed by atoms with Crippen molar-refractivity contribution >= 4 is 17.9 Å². The predicted octanol–water partition coefficient (Wildman–Crippen LogP) is 2.18. The number of carboxylic acids is 1. The number of nitrogens with zero attached hydrogens (tertiary/aromatic N) is 2. The summed E-state index contributed by atoms with van der Waals surface area (Å²) >= 11 is 0. The molecule has 2 rings (SSSR count). The number of carbonyl (C=O) groups is 1. The minimum atomic E-state index is -0.957. The highest BCUT2D eigenvalue weighted by Crippen LogP contribution is 2.21. The molecule has 1 atom stereocenters. The van der Waals surface area contributed by atoms with Crippen molar-refractivity contribution in [1.82, 2.24) is 4.98 Å².